The van der Waals surface area contributed by atoms with E-state index in [0.717, 1.165) is 0 Å². The van der Waals surface area contributed by atoms with Crippen molar-refractivity contribution in [2.45, 2.75) is 38.5 Å². The SMILES string of the molecule is O=C(CCS)OCC(COCC(COC(=O)CCS)(COC(=O)CCS)COC(=O)CCS)(COC(=O)CCS)COC(=O)CCS.O=C(CS)OCC(COCC(COC(=O)CS)(COC(=O)CS)COC(=O)CS)(COC(=O)CS)COC(=O)CS. The fourth-order valence-corrected chi connectivity index (χ4v) is 7.67. The molecule has 0 unspecified atom stereocenters. The second-order valence-electron chi connectivity index (χ2n) is 18.7. The molecule has 0 aliphatic carbocycles. The van der Waals surface area contributed by atoms with Gasteiger partial charge >= 0.3 is 71.6 Å². The average molecular weight is 1480 g/mol. The van der Waals surface area contributed by atoms with Gasteiger partial charge in [-0.3, -0.25) is 57.5 Å². The van der Waals surface area contributed by atoms with Crippen molar-refractivity contribution >= 4 is 223 Å². The molecule has 0 aromatic heterocycles. The molecule has 0 aromatic rings. The maximum absolute atomic E-state index is 12.3. The van der Waals surface area contributed by atoms with Gasteiger partial charge in [0, 0.05) is 34.5 Å². The lowest BCUT2D eigenvalue weighted by molar-refractivity contribution is -0.177. The highest BCUT2D eigenvalue weighted by molar-refractivity contribution is 7.82. The zero-order chi connectivity index (χ0) is 66.9. The lowest BCUT2D eigenvalue weighted by atomic mass is 9.90. The van der Waals surface area contributed by atoms with Gasteiger partial charge in [0.15, 0.2) is 0 Å². The van der Waals surface area contributed by atoms with Crippen molar-refractivity contribution in [3.63, 3.8) is 0 Å². The number of ether oxygens (including phenoxy) is 14. The highest BCUT2D eigenvalue weighted by Gasteiger charge is 2.43. The van der Waals surface area contributed by atoms with Crippen molar-refractivity contribution in [1.82, 2.24) is 0 Å². The van der Waals surface area contributed by atoms with Gasteiger partial charge in [0.25, 0.3) is 0 Å². The van der Waals surface area contributed by atoms with Crippen LogP contribution in [0, 0.1) is 21.7 Å². The smallest absolute Gasteiger partial charge is 0.315 e. The Bertz CT molecular complexity index is 1780. The predicted molar refractivity (Wildman–Crippen MR) is 357 cm³/mol. The molecular formula is C50H80O26S12. The highest BCUT2D eigenvalue weighted by atomic mass is 32.1. The first-order chi connectivity index (χ1) is 41.9. The quantitative estimate of drug-likeness (QED) is 0.0235. The fraction of sp³-hybridized carbons (Fsp3) is 0.760. The molecule has 0 heterocycles. The molecule has 0 rings (SSSR count). The standard InChI is InChI=1S/C28H46O13S6.C22H34O13S6/c29-21(1-7-42)36-15-27(16-37-22(30)2-8-43,17-38-23(31)3-9-44)13-35-14-28(18-39-24(32)4-10-45,19-40-25(33)5-11-46)20-41-26(34)6-12-47;23-15(1-36)30-9-21(10-31-16(24)2-37,11-32-17(25)3-38)7-29-8-22(12-33-18(26)4-39,13-34-19(27)5-40)14-35-20(28)6-41/h42-47H,1-20H2;36-41H,1-14H2. The second-order valence-corrected chi connectivity index (χ2v) is 23.3. The third-order valence-electron chi connectivity index (χ3n) is 10.8. The molecule has 38 heteroatoms. The van der Waals surface area contributed by atoms with Gasteiger partial charge < -0.3 is 66.3 Å². The van der Waals surface area contributed by atoms with Gasteiger partial charge in [-0.1, -0.05) is 0 Å². The van der Waals surface area contributed by atoms with E-state index in [0.29, 0.717) is 0 Å². The first kappa shape index (κ1) is 87.8. The van der Waals surface area contributed by atoms with E-state index < -0.39 is 133 Å². The molecule has 0 saturated heterocycles. The molecule has 0 saturated carbocycles. The summed E-state index contributed by atoms with van der Waals surface area (Å²) in [5.41, 5.74) is -5.70. The van der Waals surface area contributed by atoms with Crippen LogP contribution in [0.15, 0.2) is 0 Å². The summed E-state index contributed by atoms with van der Waals surface area (Å²) in [5, 5.41) is 0. The number of carbonyl (C=O) groups excluding carboxylic acids is 12. The fourth-order valence-electron chi connectivity index (χ4n) is 6.03. The normalized spacial score (nSPS) is 11.3. The first-order valence-corrected chi connectivity index (χ1v) is 33.8. The van der Waals surface area contributed by atoms with Crippen LogP contribution in [0.25, 0.3) is 0 Å². The van der Waals surface area contributed by atoms with E-state index in [4.69, 9.17) is 66.3 Å². The topological polar surface area (TPSA) is 334 Å². The Kier molecular flexibility index (Phi) is 53.1. The molecule has 0 aliphatic heterocycles. The summed E-state index contributed by atoms with van der Waals surface area (Å²) in [6.07, 6.45) is -0.113. The lowest BCUT2D eigenvalue weighted by Gasteiger charge is -2.35. The molecule has 0 N–H and O–H groups in total. The van der Waals surface area contributed by atoms with Gasteiger partial charge in [-0.25, -0.2) is 0 Å². The zero-order valence-corrected chi connectivity index (χ0v) is 58.8. The highest BCUT2D eigenvalue weighted by Crippen LogP contribution is 2.29. The van der Waals surface area contributed by atoms with Crippen LogP contribution in [0.3, 0.4) is 0 Å². The summed E-state index contributed by atoms with van der Waals surface area (Å²) >= 11 is 47.4. The van der Waals surface area contributed by atoms with Crippen LogP contribution in [0.2, 0.25) is 0 Å². The average Bonchev–Trinajstić information content (AvgIpc) is 3.30. The number of thiol groups is 12. The van der Waals surface area contributed by atoms with E-state index in [1.54, 1.807) is 0 Å². The van der Waals surface area contributed by atoms with Crippen LogP contribution >= 0.6 is 152 Å². The molecule has 0 fully saturated rings. The summed E-state index contributed by atoms with van der Waals surface area (Å²) in [6, 6.07) is 0. The van der Waals surface area contributed by atoms with Crippen LogP contribution in [-0.2, 0) is 124 Å². The van der Waals surface area contributed by atoms with E-state index in [1.807, 2.05) is 0 Å². The Morgan fingerprint density at radius 1 is 0.182 bits per heavy atom. The summed E-state index contributed by atoms with van der Waals surface area (Å²) < 4.78 is 75.7. The third-order valence-corrected chi connectivity index (χ3v) is 13.7. The maximum atomic E-state index is 12.3. The molecule has 0 aliphatic rings. The van der Waals surface area contributed by atoms with Crippen LogP contribution in [0.4, 0.5) is 0 Å². The van der Waals surface area contributed by atoms with Gasteiger partial charge in [0.1, 0.15) is 79.3 Å². The maximum Gasteiger partial charge on any atom is 0.315 e. The van der Waals surface area contributed by atoms with Crippen molar-refractivity contribution < 1.29 is 124 Å². The van der Waals surface area contributed by atoms with Crippen molar-refractivity contribution in [2.75, 3.05) is 175 Å². The Morgan fingerprint density at radius 2 is 0.295 bits per heavy atom. The minimum Gasteiger partial charge on any atom is -0.465 e. The summed E-state index contributed by atoms with van der Waals surface area (Å²) in [5.74, 6) is -8.29. The largest absolute Gasteiger partial charge is 0.465 e. The van der Waals surface area contributed by atoms with Crippen LogP contribution < -0.4 is 0 Å². The van der Waals surface area contributed by atoms with Crippen molar-refractivity contribution in [1.29, 1.82) is 0 Å². The number of hydrogen-bond donors (Lipinski definition) is 12. The number of hydrogen-bond acceptors (Lipinski definition) is 38. The Morgan fingerprint density at radius 3 is 0.398 bits per heavy atom. The van der Waals surface area contributed by atoms with Gasteiger partial charge in [0.05, 0.1) is 121 Å². The van der Waals surface area contributed by atoms with Gasteiger partial charge in [-0.2, -0.15) is 152 Å². The van der Waals surface area contributed by atoms with Crippen molar-refractivity contribution in [3.05, 3.63) is 0 Å². The van der Waals surface area contributed by atoms with Gasteiger partial charge in [-0.05, 0) is 0 Å². The van der Waals surface area contributed by atoms with Gasteiger partial charge in [0.2, 0.25) is 0 Å². The predicted octanol–water partition coefficient (Wildman–Crippen LogP) is 1.97. The second kappa shape index (κ2) is 53.2. The molecule has 508 valence electrons. The Hall–Kier alpha value is -2.24. The number of esters is 12. The van der Waals surface area contributed by atoms with Crippen molar-refractivity contribution in [2.24, 2.45) is 21.7 Å². The molecule has 26 nitrogen and oxygen atoms in total. The summed E-state index contributed by atoms with van der Waals surface area (Å²) in [4.78, 5) is 145. The summed E-state index contributed by atoms with van der Waals surface area (Å²) in [7, 11) is 0. The van der Waals surface area contributed by atoms with E-state index >= 15 is 0 Å². The first-order valence-electron chi connectivity index (χ1n) is 26.2. The van der Waals surface area contributed by atoms with E-state index in [1.165, 1.54) is 0 Å². The molecule has 0 aromatic carbocycles. The zero-order valence-electron chi connectivity index (χ0n) is 48.0. The third kappa shape index (κ3) is 42.8. The Labute approximate surface area is 577 Å². The minimum atomic E-state index is -1.44. The van der Waals surface area contributed by atoms with Crippen LogP contribution in [0.5, 0.6) is 0 Å². The molecule has 0 bridgehead atoms. The van der Waals surface area contributed by atoms with E-state index in [9.17, 15) is 57.5 Å². The molecule has 0 amide bonds. The van der Waals surface area contributed by atoms with Crippen molar-refractivity contribution in [3.8, 4) is 0 Å². The van der Waals surface area contributed by atoms with E-state index in [-0.39, 0.29) is 174 Å². The molecular weight excluding hydrogens is 1400 g/mol. The van der Waals surface area contributed by atoms with Crippen LogP contribution in [-0.4, -0.2) is 246 Å². The van der Waals surface area contributed by atoms with Crippen LogP contribution in [0.1, 0.15) is 38.5 Å². The molecule has 0 spiro atoms. The monoisotopic (exact) mass is 1480 g/mol. The minimum absolute atomic E-state index is 0.0189. The lowest BCUT2D eigenvalue weighted by Crippen LogP contribution is -2.47. The number of rotatable bonds is 50. The van der Waals surface area contributed by atoms with E-state index in [2.05, 4.69) is 152 Å². The van der Waals surface area contributed by atoms with Gasteiger partial charge in [-0.15, -0.1) is 0 Å². The molecule has 88 heavy (non-hydrogen) atoms. The summed E-state index contributed by atoms with van der Waals surface area (Å²) in [6.45, 7) is -6.38. The molecule has 0 atom stereocenters. The number of carbonyl (C=O) groups is 12. The Balaban J connectivity index is 0. The molecule has 0 radical (unpaired) electrons.